The van der Waals surface area contributed by atoms with Gasteiger partial charge in [0.25, 0.3) is 5.91 Å². The molecule has 1 aromatic rings. The lowest BCUT2D eigenvalue weighted by molar-refractivity contribution is -0.142. The predicted octanol–water partition coefficient (Wildman–Crippen LogP) is 3.18. The Labute approximate surface area is 173 Å². The molecule has 0 radical (unpaired) electrons. The molecule has 0 bridgehead atoms. The van der Waals surface area contributed by atoms with Gasteiger partial charge in [0.2, 0.25) is 5.91 Å². The van der Waals surface area contributed by atoms with Crippen LogP contribution in [0.2, 0.25) is 0 Å². The molecule has 2 aliphatic rings. The molecule has 2 heterocycles. The van der Waals surface area contributed by atoms with Gasteiger partial charge in [0.1, 0.15) is 16.2 Å². The Morgan fingerprint density at radius 2 is 2.11 bits per heavy atom. The smallest absolute Gasteiger partial charge is 0.266 e. The van der Waals surface area contributed by atoms with E-state index in [1.165, 1.54) is 17.0 Å². The van der Waals surface area contributed by atoms with E-state index in [2.05, 4.69) is 0 Å². The number of carbonyl (C=O) groups excluding carboxylic acids is 2. The average molecular weight is 423 g/mol. The molecule has 28 heavy (non-hydrogen) atoms. The van der Waals surface area contributed by atoms with E-state index in [0.717, 1.165) is 31.0 Å². The first-order chi connectivity index (χ1) is 13.4. The number of aliphatic hydroxyl groups excluding tert-OH is 1. The first-order valence-electron chi connectivity index (χ1n) is 9.36. The molecule has 1 aromatic carbocycles. The first kappa shape index (κ1) is 21.0. The van der Waals surface area contributed by atoms with Crippen molar-refractivity contribution in [1.82, 2.24) is 9.80 Å². The molecule has 2 saturated heterocycles. The maximum Gasteiger partial charge on any atom is 0.266 e. The summed E-state index contributed by atoms with van der Waals surface area (Å²) in [6.07, 6.45) is 5.02. The molecule has 1 N–H and O–H groups in total. The van der Waals surface area contributed by atoms with E-state index in [1.54, 1.807) is 30.0 Å². The minimum atomic E-state index is -0.703. The Morgan fingerprint density at radius 3 is 2.79 bits per heavy atom. The highest BCUT2D eigenvalue weighted by Gasteiger charge is 2.40. The molecule has 2 amide bonds. The maximum atomic E-state index is 13.1. The predicted molar refractivity (Wildman–Crippen MR) is 112 cm³/mol. The van der Waals surface area contributed by atoms with Crippen molar-refractivity contribution in [2.24, 2.45) is 0 Å². The summed E-state index contributed by atoms with van der Waals surface area (Å²) in [5.74, 6) is -0.795. The third-order valence-corrected chi connectivity index (χ3v) is 6.44. The molecule has 0 aliphatic carbocycles. The molecule has 150 valence electrons. The molecule has 0 saturated carbocycles. The molecule has 8 heteroatoms. The highest BCUT2D eigenvalue weighted by Crippen LogP contribution is 2.35. The van der Waals surface area contributed by atoms with Crippen LogP contribution in [0.5, 0.6) is 0 Å². The van der Waals surface area contributed by atoms with Crippen LogP contribution in [-0.2, 0) is 9.59 Å². The standard InChI is InChI=1S/C20H23FN2O3S2/c1-13(18(25)22-10-3-2-4-16(22)9-11-24)23-19(26)17(28-20(23)27)12-14-5-7-15(21)8-6-14/h5-8,12-13,16,24H,2-4,9-11H2,1H3/b17-12-/t13-,16+/m1/s1. The number of thioether (sulfide) groups is 1. The van der Waals surface area contributed by atoms with Crippen molar-refractivity contribution < 1.29 is 19.1 Å². The van der Waals surface area contributed by atoms with Gasteiger partial charge in [-0.15, -0.1) is 0 Å². The quantitative estimate of drug-likeness (QED) is 0.583. The molecule has 3 rings (SSSR count). The number of halogens is 1. The van der Waals surface area contributed by atoms with Gasteiger partial charge in [0.05, 0.1) is 4.91 Å². The summed E-state index contributed by atoms with van der Waals surface area (Å²) in [6.45, 7) is 2.36. The van der Waals surface area contributed by atoms with Gasteiger partial charge >= 0.3 is 0 Å². The maximum absolute atomic E-state index is 13.1. The second kappa shape index (κ2) is 9.15. The highest BCUT2D eigenvalue weighted by atomic mass is 32.2. The minimum absolute atomic E-state index is 0.00172. The van der Waals surface area contributed by atoms with Crippen LogP contribution in [0.4, 0.5) is 4.39 Å². The Hall–Kier alpha value is -1.77. The number of aliphatic hydroxyl groups is 1. The van der Waals surface area contributed by atoms with Crippen LogP contribution in [-0.4, -0.2) is 56.3 Å². The van der Waals surface area contributed by atoms with E-state index < -0.39 is 6.04 Å². The zero-order valence-corrected chi connectivity index (χ0v) is 17.3. The topological polar surface area (TPSA) is 60.9 Å². The molecule has 5 nitrogen and oxygen atoms in total. The Balaban J connectivity index is 1.76. The molecule has 0 aromatic heterocycles. The van der Waals surface area contributed by atoms with Crippen molar-refractivity contribution in [2.75, 3.05) is 13.2 Å². The summed E-state index contributed by atoms with van der Waals surface area (Å²) in [5.41, 5.74) is 0.694. The van der Waals surface area contributed by atoms with E-state index in [1.807, 2.05) is 0 Å². The lowest BCUT2D eigenvalue weighted by Crippen LogP contribution is -2.53. The number of benzene rings is 1. The van der Waals surface area contributed by atoms with E-state index in [4.69, 9.17) is 12.2 Å². The van der Waals surface area contributed by atoms with Gasteiger partial charge in [-0.05, 0) is 56.4 Å². The van der Waals surface area contributed by atoms with Gasteiger partial charge in [-0.2, -0.15) is 0 Å². The first-order valence-corrected chi connectivity index (χ1v) is 10.6. The Morgan fingerprint density at radius 1 is 1.39 bits per heavy atom. The zero-order valence-electron chi connectivity index (χ0n) is 15.6. The van der Waals surface area contributed by atoms with Crippen molar-refractivity contribution in [3.8, 4) is 0 Å². The van der Waals surface area contributed by atoms with Crippen molar-refractivity contribution >= 4 is 46.2 Å². The van der Waals surface area contributed by atoms with Crippen LogP contribution in [0.15, 0.2) is 29.2 Å². The fourth-order valence-electron chi connectivity index (χ4n) is 3.61. The average Bonchev–Trinajstić information content (AvgIpc) is 2.96. The number of likely N-dealkylation sites (tertiary alicyclic amines) is 1. The summed E-state index contributed by atoms with van der Waals surface area (Å²) in [5, 5.41) is 9.29. The molecule has 0 unspecified atom stereocenters. The van der Waals surface area contributed by atoms with E-state index in [0.29, 0.717) is 27.8 Å². The van der Waals surface area contributed by atoms with Crippen LogP contribution >= 0.6 is 24.0 Å². The normalized spacial score (nSPS) is 22.8. The van der Waals surface area contributed by atoms with Crippen molar-refractivity contribution in [3.05, 3.63) is 40.6 Å². The number of rotatable bonds is 5. The van der Waals surface area contributed by atoms with Crippen LogP contribution in [0.1, 0.15) is 38.2 Å². The highest BCUT2D eigenvalue weighted by molar-refractivity contribution is 8.26. The van der Waals surface area contributed by atoms with Crippen LogP contribution in [0.3, 0.4) is 0 Å². The molecular weight excluding hydrogens is 399 g/mol. The molecular formula is C20H23FN2O3S2. The van der Waals surface area contributed by atoms with Crippen molar-refractivity contribution in [2.45, 2.75) is 44.7 Å². The second-order valence-electron chi connectivity index (χ2n) is 6.97. The summed E-state index contributed by atoms with van der Waals surface area (Å²) < 4.78 is 13.4. The van der Waals surface area contributed by atoms with E-state index in [9.17, 15) is 19.1 Å². The number of thiocarbonyl (C=S) groups is 1. The van der Waals surface area contributed by atoms with E-state index >= 15 is 0 Å². The number of nitrogens with zero attached hydrogens (tertiary/aromatic N) is 2. The van der Waals surface area contributed by atoms with E-state index in [-0.39, 0.29) is 30.3 Å². The van der Waals surface area contributed by atoms with Crippen LogP contribution < -0.4 is 0 Å². The van der Waals surface area contributed by atoms with Crippen molar-refractivity contribution in [3.63, 3.8) is 0 Å². The number of piperidine rings is 1. The summed E-state index contributed by atoms with van der Waals surface area (Å²) in [4.78, 5) is 29.5. The minimum Gasteiger partial charge on any atom is -0.396 e. The largest absolute Gasteiger partial charge is 0.396 e. The van der Waals surface area contributed by atoms with Gasteiger partial charge in [-0.1, -0.05) is 36.1 Å². The Kier molecular flexibility index (Phi) is 6.85. The van der Waals surface area contributed by atoms with Gasteiger partial charge in [-0.3, -0.25) is 14.5 Å². The fourth-order valence-corrected chi connectivity index (χ4v) is 5.03. The third-order valence-electron chi connectivity index (χ3n) is 5.11. The lowest BCUT2D eigenvalue weighted by Gasteiger charge is -2.38. The zero-order chi connectivity index (χ0) is 20.3. The summed E-state index contributed by atoms with van der Waals surface area (Å²) in [7, 11) is 0. The number of amides is 2. The molecule has 0 spiro atoms. The third kappa shape index (κ3) is 4.45. The number of hydrogen-bond donors (Lipinski definition) is 1. The molecule has 2 aliphatic heterocycles. The lowest BCUT2D eigenvalue weighted by atomic mass is 9.98. The summed E-state index contributed by atoms with van der Waals surface area (Å²) in [6, 6.07) is 5.13. The van der Waals surface area contributed by atoms with Gasteiger partial charge < -0.3 is 10.0 Å². The van der Waals surface area contributed by atoms with Crippen LogP contribution in [0, 0.1) is 5.82 Å². The summed E-state index contributed by atoms with van der Waals surface area (Å²) >= 11 is 6.51. The van der Waals surface area contributed by atoms with Crippen LogP contribution in [0.25, 0.3) is 6.08 Å². The second-order valence-corrected chi connectivity index (χ2v) is 8.65. The number of carbonyl (C=O) groups is 2. The Bertz CT molecular complexity index is 795. The fraction of sp³-hybridized carbons (Fsp3) is 0.450. The van der Waals surface area contributed by atoms with Crippen molar-refractivity contribution in [1.29, 1.82) is 0 Å². The monoisotopic (exact) mass is 422 g/mol. The molecule has 2 atom stereocenters. The number of hydrogen-bond acceptors (Lipinski definition) is 5. The van der Waals surface area contributed by atoms with Gasteiger partial charge in [0.15, 0.2) is 0 Å². The SMILES string of the molecule is C[C@H](C(=O)N1CCCC[C@H]1CCO)N1C(=O)/C(=C/c2ccc(F)cc2)SC1=S. The van der Waals surface area contributed by atoms with Gasteiger partial charge in [-0.25, -0.2) is 4.39 Å². The molecule has 2 fully saturated rings. The van der Waals surface area contributed by atoms with Gasteiger partial charge in [0, 0.05) is 19.2 Å².